The third-order valence-electron chi connectivity index (χ3n) is 2.69. The van der Waals surface area contributed by atoms with E-state index in [9.17, 15) is 14.9 Å². The molecule has 0 radical (unpaired) electrons. The number of nitrogens with zero attached hydrogens (tertiary/aromatic N) is 5. The van der Waals surface area contributed by atoms with Gasteiger partial charge in [0.05, 0.1) is 16.8 Å². The first-order valence-corrected chi connectivity index (χ1v) is 4.89. The predicted molar refractivity (Wildman–Crippen MR) is 47.7 cm³/mol. The van der Waals surface area contributed by atoms with Gasteiger partial charge in [0.1, 0.15) is 12.1 Å². The number of carbonyl (C=O) groups excluding carboxylic acids is 1. The van der Waals surface area contributed by atoms with E-state index in [1.54, 1.807) is 0 Å². The molecular formula is C7H7N5O5. The van der Waals surface area contributed by atoms with Crippen molar-refractivity contribution in [3.8, 4) is 0 Å². The Morgan fingerprint density at radius 2 is 2.35 bits per heavy atom. The van der Waals surface area contributed by atoms with Crippen LogP contribution in [-0.2, 0) is 14.3 Å². The van der Waals surface area contributed by atoms with Crippen molar-refractivity contribution in [2.24, 2.45) is 0 Å². The molecule has 3 rings (SSSR count). The van der Waals surface area contributed by atoms with Crippen molar-refractivity contribution in [2.75, 3.05) is 6.61 Å². The second kappa shape index (κ2) is 3.53. The van der Waals surface area contributed by atoms with Crippen molar-refractivity contribution >= 4 is 11.7 Å². The molecule has 10 nitrogen and oxygen atoms in total. The molecule has 3 heterocycles. The van der Waals surface area contributed by atoms with Crippen molar-refractivity contribution in [3.05, 3.63) is 10.1 Å². The van der Waals surface area contributed by atoms with E-state index in [0.717, 1.165) is 4.80 Å². The number of Topliss-reactive ketones (excluding diaryl/α,β-unsaturated/α-hetero) is 1. The molecule has 0 aromatic carbocycles. The normalized spacial score (nSPS) is 31.8. The second-order valence-corrected chi connectivity index (χ2v) is 3.74. The van der Waals surface area contributed by atoms with Crippen LogP contribution in [0.2, 0.25) is 0 Å². The second-order valence-electron chi connectivity index (χ2n) is 3.74. The van der Waals surface area contributed by atoms with E-state index >= 15 is 0 Å². The van der Waals surface area contributed by atoms with Gasteiger partial charge in [0.15, 0.2) is 5.78 Å². The molecule has 0 aliphatic carbocycles. The minimum atomic E-state index is -0.810. The van der Waals surface area contributed by atoms with Crippen LogP contribution in [0.4, 0.5) is 5.95 Å². The number of rotatable bonds is 2. The number of hydrogen-bond donors (Lipinski definition) is 0. The number of hydrogen-bond acceptors (Lipinski definition) is 8. The van der Waals surface area contributed by atoms with Gasteiger partial charge in [0, 0.05) is 11.6 Å². The van der Waals surface area contributed by atoms with Crippen molar-refractivity contribution in [1.29, 1.82) is 0 Å². The molecule has 10 heteroatoms. The average Bonchev–Trinajstić information content (AvgIpc) is 2.93. The van der Waals surface area contributed by atoms with Crippen LogP contribution in [0.5, 0.6) is 0 Å². The Hall–Kier alpha value is -1.94. The Morgan fingerprint density at radius 3 is 3.06 bits per heavy atom. The third kappa shape index (κ3) is 1.57. The molecule has 2 bridgehead atoms. The van der Waals surface area contributed by atoms with Gasteiger partial charge in [-0.1, -0.05) is 4.80 Å². The van der Waals surface area contributed by atoms with Crippen LogP contribution in [0.25, 0.3) is 0 Å². The summed E-state index contributed by atoms with van der Waals surface area (Å²) >= 11 is 0. The smallest absolute Gasteiger partial charge is 0.390 e. The summed E-state index contributed by atoms with van der Waals surface area (Å²) in [6.45, 7) is 0.246. The SMILES string of the molecule is O=C1C[C@@H](n2nnc([N+](=O)[O-])n2)[C@@H]2CO[C@H]1O2. The summed E-state index contributed by atoms with van der Waals surface area (Å²) in [6.07, 6.45) is -1.05. The van der Waals surface area contributed by atoms with Crippen LogP contribution < -0.4 is 0 Å². The van der Waals surface area contributed by atoms with Crippen LogP contribution >= 0.6 is 0 Å². The van der Waals surface area contributed by atoms with E-state index in [-0.39, 0.29) is 24.9 Å². The van der Waals surface area contributed by atoms with Crippen LogP contribution in [0, 0.1) is 10.1 Å². The number of tetrazole rings is 1. The molecule has 0 spiro atoms. The van der Waals surface area contributed by atoms with Gasteiger partial charge >= 0.3 is 5.95 Å². The molecule has 0 saturated carbocycles. The summed E-state index contributed by atoms with van der Waals surface area (Å²) in [6, 6.07) is -0.498. The number of aromatic nitrogens is 4. The Kier molecular flexibility index (Phi) is 2.12. The maximum absolute atomic E-state index is 11.5. The Balaban J connectivity index is 1.87. The molecular weight excluding hydrogens is 234 g/mol. The van der Waals surface area contributed by atoms with E-state index in [4.69, 9.17) is 9.47 Å². The van der Waals surface area contributed by atoms with E-state index in [0.29, 0.717) is 0 Å². The van der Waals surface area contributed by atoms with Gasteiger partial charge in [-0.25, -0.2) is 0 Å². The molecule has 0 unspecified atom stereocenters. The fraction of sp³-hybridized carbons (Fsp3) is 0.714. The summed E-state index contributed by atoms with van der Waals surface area (Å²) in [5.74, 6) is -0.817. The highest BCUT2D eigenvalue weighted by atomic mass is 16.7. The predicted octanol–water partition coefficient (Wildman–Crippen LogP) is -1.16. The minimum absolute atomic E-state index is 0.128. The summed E-state index contributed by atoms with van der Waals surface area (Å²) in [4.78, 5) is 22.2. The zero-order chi connectivity index (χ0) is 12.0. The maximum atomic E-state index is 11.5. The molecule has 2 aliphatic heterocycles. The number of nitro groups is 1. The first-order valence-electron chi connectivity index (χ1n) is 4.89. The lowest BCUT2D eigenvalue weighted by atomic mass is 10.0. The van der Waals surface area contributed by atoms with E-state index in [1.165, 1.54) is 0 Å². The summed E-state index contributed by atoms with van der Waals surface area (Å²) in [5.41, 5.74) is 0. The van der Waals surface area contributed by atoms with Crippen molar-refractivity contribution in [2.45, 2.75) is 24.9 Å². The quantitative estimate of drug-likeness (QED) is 0.469. The van der Waals surface area contributed by atoms with E-state index in [1.807, 2.05) is 0 Å². The zero-order valence-electron chi connectivity index (χ0n) is 8.42. The average molecular weight is 241 g/mol. The highest BCUT2D eigenvalue weighted by Gasteiger charge is 2.46. The summed E-state index contributed by atoms with van der Waals surface area (Å²) in [7, 11) is 0. The maximum Gasteiger partial charge on any atom is 0.514 e. The largest absolute Gasteiger partial charge is 0.514 e. The van der Waals surface area contributed by atoms with Gasteiger partial charge in [-0.3, -0.25) is 4.79 Å². The fourth-order valence-electron chi connectivity index (χ4n) is 1.89. The highest BCUT2D eigenvalue weighted by molar-refractivity contribution is 5.83. The summed E-state index contributed by atoms with van der Waals surface area (Å²) in [5, 5.41) is 20.8. The van der Waals surface area contributed by atoms with Crippen LogP contribution in [-0.4, -0.2) is 49.9 Å². The van der Waals surface area contributed by atoms with Gasteiger partial charge in [-0.15, -0.1) is 0 Å². The van der Waals surface area contributed by atoms with Gasteiger partial charge in [-0.05, 0) is 4.92 Å². The highest BCUT2D eigenvalue weighted by Crippen LogP contribution is 2.31. The fourth-order valence-corrected chi connectivity index (χ4v) is 1.89. The number of carbonyl (C=O) groups is 1. The Labute approximate surface area is 93.6 Å². The molecule has 0 N–H and O–H groups in total. The first-order chi connectivity index (χ1) is 8.15. The van der Waals surface area contributed by atoms with Crippen molar-refractivity contribution < 1.29 is 19.2 Å². The molecule has 0 amide bonds. The Bertz CT molecular complexity index is 487. The molecule has 2 saturated heterocycles. The van der Waals surface area contributed by atoms with Crippen molar-refractivity contribution in [1.82, 2.24) is 20.2 Å². The lowest BCUT2D eigenvalue weighted by molar-refractivity contribution is -0.394. The summed E-state index contributed by atoms with van der Waals surface area (Å²) < 4.78 is 10.4. The van der Waals surface area contributed by atoms with Gasteiger partial charge < -0.3 is 19.6 Å². The molecule has 90 valence electrons. The standard InChI is InChI=1S/C7H7N5O5/c13-4-1-3(5-2-16-6(4)17-5)11-9-7(8-10-11)12(14)15/h3,5-6H,1-2H2/t3-,5+,6+/m1/s1. The van der Waals surface area contributed by atoms with Crippen molar-refractivity contribution in [3.63, 3.8) is 0 Å². The van der Waals surface area contributed by atoms with Gasteiger partial charge in [-0.2, -0.15) is 0 Å². The number of ketones is 1. The van der Waals surface area contributed by atoms with Crippen LogP contribution in [0.15, 0.2) is 0 Å². The molecule has 2 fully saturated rings. The monoisotopic (exact) mass is 241 g/mol. The Morgan fingerprint density at radius 1 is 1.53 bits per heavy atom. The molecule has 2 aliphatic rings. The van der Waals surface area contributed by atoms with Crippen LogP contribution in [0.1, 0.15) is 12.5 Å². The zero-order valence-corrected chi connectivity index (χ0v) is 8.42. The molecule has 17 heavy (non-hydrogen) atoms. The third-order valence-corrected chi connectivity index (χ3v) is 2.69. The lowest BCUT2D eigenvalue weighted by Gasteiger charge is -2.23. The molecule has 3 atom stereocenters. The minimum Gasteiger partial charge on any atom is -0.390 e. The van der Waals surface area contributed by atoms with E-state index in [2.05, 4.69) is 15.4 Å². The first kappa shape index (κ1) is 10.2. The van der Waals surface area contributed by atoms with Gasteiger partial charge in [0.2, 0.25) is 6.29 Å². The molecule has 1 aromatic rings. The molecule has 1 aromatic heterocycles. The van der Waals surface area contributed by atoms with Crippen LogP contribution in [0.3, 0.4) is 0 Å². The van der Waals surface area contributed by atoms with E-state index < -0.39 is 23.2 Å². The topological polar surface area (TPSA) is 122 Å². The number of fused-ring (bicyclic) bond motifs is 2. The number of ether oxygens (including phenoxy) is 2. The lowest BCUT2D eigenvalue weighted by Crippen LogP contribution is -2.37. The van der Waals surface area contributed by atoms with Gasteiger partial charge in [0.25, 0.3) is 0 Å².